The van der Waals surface area contributed by atoms with Gasteiger partial charge in [-0.2, -0.15) is 0 Å². The number of allylic oxidation sites excluding steroid dienone is 2. The first-order valence-corrected chi connectivity index (χ1v) is 21.5. The molecular weight excluding hydrogens is 743 g/mol. The topological polar surface area (TPSA) is 16.4 Å². The van der Waals surface area contributed by atoms with Gasteiger partial charge < -0.3 is 9.32 Å². The minimum atomic E-state index is 0.119. The molecule has 0 saturated carbocycles. The minimum Gasteiger partial charge on any atom is -0.456 e. The third-order valence-electron chi connectivity index (χ3n) is 11.8. The zero-order chi connectivity index (χ0) is 38.2. The summed E-state index contributed by atoms with van der Waals surface area (Å²) < 4.78 is 11.9. The van der Waals surface area contributed by atoms with Crippen molar-refractivity contribution < 1.29 is 4.42 Å². The van der Waals surface area contributed by atoms with E-state index >= 15 is 0 Å². The molecule has 58 heavy (non-hydrogen) atoms. The van der Waals surface area contributed by atoms with Gasteiger partial charge in [-0.05, 0) is 100 Å². The lowest BCUT2D eigenvalue weighted by molar-refractivity contribution is 0.669. The van der Waals surface area contributed by atoms with Crippen molar-refractivity contribution in [1.82, 2.24) is 0 Å². The highest BCUT2D eigenvalue weighted by Crippen LogP contribution is 2.45. The molecule has 8 aromatic carbocycles. The van der Waals surface area contributed by atoms with Gasteiger partial charge in [-0.1, -0.05) is 133 Å². The standard InChI is InChI=1S/C54H35NOS2/c1-3-12-34(13-4-1)35-14-9-17-40(30-35)55(39-15-5-2-6-16-39)47-21-11-22-49-53(47)46-32-36(25-28-48(46)56-49)37-26-29-51-45(31-37)43-27-24-38(33-52(43)57-51)41-19-10-20-44-42-18-7-8-23-50(42)58-54(41)44/h1-29,31-33,40H,30H2. The van der Waals surface area contributed by atoms with Crippen LogP contribution in [0.4, 0.5) is 11.4 Å². The van der Waals surface area contributed by atoms with Gasteiger partial charge in [-0.3, -0.25) is 0 Å². The molecule has 0 saturated heterocycles. The van der Waals surface area contributed by atoms with Crippen molar-refractivity contribution in [1.29, 1.82) is 0 Å². The van der Waals surface area contributed by atoms with E-state index in [9.17, 15) is 0 Å². The van der Waals surface area contributed by atoms with Gasteiger partial charge in [0, 0.05) is 51.4 Å². The summed E-state index contributed by atoms with van der Waals surface area (Å²) in [5.41, 5.74) is 11.6. The summed E-state index contributed by atoms with van der Waals surface area (Å²) in [5.74, 6) is 0. The van der Waals surface area contributed by atoms with E-state index in [2.05, 4.69) is 199 Å². The molecule has 0 radical (unpaired) electrons. The Morgan fingerprint density at radius 1 is 0.483 bits per heavy atom. The number of thiophene rings is 2. The van der Waals surface area contributed by atoms with Gasteiger partial charge in [0.05, 0.1) is 17.1 Å². The molecule has 3 aromatic heterocycles. The molecule has 0 aliphatic heterocycles. The number of hydrogen-bond acceptors (Lipinski definition) is 4. The van der Waals surface area contributed by atoms with E-state index in [1.165, 1.54) is 73.7 Å². The van der Waals surface area contributed by atoms with E-state index in [0.29, 0.717) is 0 Å². The predicted molar refractivity (Wildman–Crippen MR) is 251 cm³/mol. The summed E-state index contributed by atoms with van der Waals surface area (Å²) in [5, 5.41) is 7.52. The van der Waals surface area contributed by atoms with Crippen molar-refractivity contribution in [2.45, 2.75) is 12.5 Å². The van der Waals surface area contributed by atoms with Crippen LogP contribution >= 0.6 is 22.7 Å². The summed E-state index contributed by atoms with van der Waals surface area (Å²) >= 11 is 3.77. The number of anilines is 2. The second-order valence-corrected chi connectivity index (χ2v) is 17.3. The number of nitrogens with zero attached hydrogens (tertiary/aromatic N) is 1. The summed E-state index contributed by atoms with van der Waals surface area (Å²) in [4.78, 5) is 2.50. The first kappa shape index (κ1) is 33.4. The molecule has 0 amide bonds. The zero-order valence-electron chi connectivity index (χ0n) is 31.4. The van der Waals surface area contributed by atoms with Crippen molar-refractivity contribution in [3.8, 4) is 22.3 Å². The van der Waals surface area contributed by atoms with Crippen molar-refractivity contribution in [2.24, 2.45) is 0 Å². The summed E-state index contributed by atoms with van der Waals surface area (Å²) in [6, 6.07) is 64.3. The Morgan fingerprint density at radius 2 is 1.21 bits per heavy atom. The molecule has 0 bridgehead atoms. The van der Waals surface area contributed by atoms with Crippen LogP contribution in [0.15, 0.2) is 199 Å². The lowest BCUT2D eigenvalue weighted by Gasteiger charge is -2.34. The lowest BCUT2D eigenvalue weighted by atomic mass is 9.92. The highest BCUT2D eigenvalue weighted by molar-refractivity contribution is 7.26. The van der Waals surface area contributed by atoms with Gasteiger partial charge in [0.25, 0.3) is 0 Å². The predicted octanol–water partition coefficient (Wildman–Crippen LogP) is 16.2. The van der Waals surface area contributed by atoms with Crippen molar-refractivity contribution >= 4 is 102 Å². The van der Waals surface area contributed by atoms with Crippen LogP contribution in [0, 0.1) is 0 Å². The lowest BCUT2D eigenvalue weighted by Crippen LogP contribution is -2.30. The maximum Gasteiger partial charge on any atom is 0.137 e. The zero-order valence-corrected chi connectivity index (χ0v) is 33.1. The van der Waals surface area contributed by atoms with Gasteiger partial charge in [-0.15, -0.1) is 22.7 Å². The molecule has 3 heterocycles. The first-order chi connectivity index (χ1) is 28.7. The molecule has 1 unspecified atom stereocenters. The Morgan fingerprint density at radius 3 is 2.10 bits per heavy atom. The fourth-order valence-electron chi connectivity index (χ4n) is 9.09. The number of benzene rings is 8. The number of rotatable bonds is 6. The number of furan rings is 1. The molecular formula is C54H35NOS2. The molecule has 4 heteroatoms. The fraction of sp³-hybridized carbons (Fsp3) is 0.0370. The van der Waals surface area contributed by atoms with E-state index < -0.39 is 0 Å². The van der Waals surface area contributed by atoms with Crippen LogP contribution in [0.3, 0.4) is 0 Å². The molecule has 1 aliphatic rings. The largest absolute Gasteiger partial charge is 0.456 e. The van der Waals surface area contributed by atoms with E-state index in [0.717, 1.165) is 39.7 Å². The molecule has 1 atom stereocenters. The third kappa shape index (κ3) is 5.44. The monoisotopic (exact) mass is 777 g/mol. The van der Waals surface area contributed by atoms with Crippen LogP contribution in [0.1, 0.15) is 12.0 Å². The molecule has 11 aromatic rings. The Labute approximate surface area is 343 Å². The van der Waals surface area contributed by atoms with Crippen molar-refractivity contribution in [3.63, 3.8) is 0 Å². The summed E-state index contributed by atoms with van der Waals surface area (Å²) in [6.07, 6.45) is 7.70. The molecule has 1 aliphatic carbocycles. The van der Waals surface area contributed by atoms with Crippen molar-refractivity contribution in [3.05, 3.63) is 200 Å². The van der Waals surface area contributed by atoms with Gasteiger partial charge in [0.15, 0.2) is 0 Å². The minimum absolute atomic E-state index is 0.119. The van der Waals surface area contributed by atoms with Crippen LogP contribution < -0.4 is 4.90 Å². The van der Waals surface area contributed by atoms with Crippen molar-refractivity contribution in [2.75, 3.05) is 4.90 Å². The Bertz CT molecular complexity index is 3440. The van der Waals surface area contributed by atoms with Crippen LogP contribution in [0.25, 0.3) is 90.1 Å². The van der Waals surface area contributed by atoms with Gasteiger partial charge in [0.1, 0.15) is 11.2 Å². The van der Waals surface area contributed by atoms with Crippen LogP contribution in [-0.2, 0) is 0 Å². The number of fused-ring (bicyclic) bond motifs is 9. The van der Waals surface area contributed by atoms with Crippen LogP contribution in [-0.4, -0.2) is 6.04 Å². The second kappa shape index (κ2) is 13.5. The average molecular weight is 778 g/mol. The summed E-state index contributed by atoms with van der Waals surface area (Å²) in [6.45, 7) is 0. The van der Waals surface area contributed by atoms with E-state index in [4.69, 9.17) is 4.42 Å². The normalized spacial score (nSPS) is 14.3. The number of hydrogen-bond donors (Lipinski definition) is 0. The average Bonchev–Trinajstić information content (AvgIpc) is 3.98. The Kier molecular flexibility index (Phi) is 7.75. The smallest absolute Gasteiger partial charge is 0.137 e. The van der Waals surface area contributed by atoms with Gasteiger partial charge in [0.2, 0.25) is 0 Å². The molecule has 0 fully saturated rings. The van der Waals surface area contributed by atoms with Gasteiger partial charge >= 0.3 is 0 Å². The summed E-state index contributed by atoms with van der Waals surface area (Å²) in [7, 11) is 0. The van der Waals surface area contributed by atoms with E-state index in [1.807, 2.05) is 22.7 Å². The third-order valence-corrected chi connectivity index (χ3v) is 14.2. The molecule has 2 nitrogen and oxygen atoms in total. The van der Waals surface area contributed by atoms with Crippen LogP contribution in [0.5, 0.6) is 0 Å². The first-order valence-electron chi connectivity index (χ1n) is 19.8. The van der Waals surface area contributed by atoms with Gasteiger partial charge in [-0.25, -0.2) is 0 Å². The molecule has 274 valence electrons. The molecule has 0 N–H and O–H groups in total. The van der Waals surface area contributed by atoms with Crippen LogP contribution in [0.2, 0.25) is 0 Å². The second-order valence-electron chi connectivity index (χ2n) is 15.2. The van der Waals surface area contributed by atoms with E-state index in [-0.39, 0.29) is 6.04 Å². The fourth-order valence-corrected chi connectivity index (χ4v) is 11.5. The maximum atomic E-state index is 6.60. The Balaban J connectivity index is 0.953. The molecule has 0 spiro atoms. The molecule has 12 rings (SSSR count). The number of para-hydroxylation sites is 1. The quantitative estimate of drug-likeness (QED) is 0.167. The Hall–Kier alpha value is -6.72. The SMILES string of the molecule is C1=CC(N(c2ccccc2)c2cccc3oc4ccc(-c5ccc6sc7cc(-c8cccc9c8sc8ccccc89)ccc7c6c5)cc4c23)CC(c2ccccc2)=C1. The highest BCUT2D eigenvalue weighted by Gasteiger charge is 2.26. The maximum absolute atomic E-state index is 6.60. The van der Waals surface area contributed by atoms with E-state index in [1.54, 1.807) is 0 Å². The highest BCUT2D eigenvalue weighted by atomic mass is 32.1.